The zero-order chi connectivity index (χ0) is 15.7. The molecule has 0 aliphatic carbocycles. The lowest BCUT2D eigenvalue weighted by Gasteiger charge is -2.34. The summed E-state index contributed by atoms with van der Waals surface area (Å²) in [7, 11) is 0. The van der Waals surface area contributed by atoms with E-state index in [0.29, 0.717) is 19.8 Å². The zero-order valence-electron chi connectivity index (χ0n) is 13.2. The first-order valence-electron chi connectivity index (χ1n) is 7.44. The van der Waals surface area contributed by atoms with Crippen molar-refractivity contribution in [2.75, 3.05) is 19.8 Å². The van der Waals surface area contributed by atoms with Gasteiger partial charge >= 0.3 is 0 Å². The number of nitrogens with one attached hydrogen (secondary N) is 1. The lowest BCUT2D eigenvalue weighted by molar-refractivity contribution is -0.141. The number of imidazole rings is 1. The van der Waals surface area contributed by atoms with Gasteiger partial charge in [0, 0.05) is 24.1 Å². The van der Waals surface area contributed by atoms with Gasteiger partial charge in [0.1, 0.15) is 18.4 Å². The Morgan fingerprint density at radius 1 is 1.45 bits per heavy atom. The van der Waals surface area contributed by atoms with Crippen LogP contribution in [0.4, 0.5) is 0 Å². The average molecular weight is 303 g/mol. The molecule has 0 unspecified atom stereocenters. The molecule has 3 heterocycles. The van der Waals surface area contributed by atoms with E-state index in [4.69, 9.17) is 4.74 Å². The molecule has 1 saturated heterocycles. The Morgan fingerprint density at radius 3 is 2.91 bits per heavy atom. The van der Waals surface area contributed by atoms with Crippen LogP contribution in [0.2, 0.25) is 0 Å². The van der Waals surface area contributed by atoms with Crippen molar-refractivity contribution in [3.63, 3.8) is 0 Å². The van der Waals surface area contributed by atoms with Crippen LogP contribution >= 0.6 is 0 Å². The minimum atomic E-state index is -0.160. The third kappa shape index (κ3) is 2.89. The van der Waals surface area contributed by atoms with E-state index < -0.39 is 0 Å². The van der Waals surface area contributed by atoms with Gasteiger partial charge in [-0.2, -0.15) is 5.10 Å². The van der Waals surface area contributed by atoms with E-state index >= 15 is 0 Å². The predicted molar refractivity (Wildman–Crippen MR) is 80.3 cm³/mol. The fraction of sp³-hybridized carbons (Fsp3) is 0.533. The molecule has 0 saturated carbocycles. The number of hydrogen-bond acceptors (Lipinski definition) is 4. The lowest BCUT2D eigenvalue weighted by atomic mass is 10.2. The molecule has 1 amide bonds. The minimum Gasteiger partial charge on any atom is -0.377 e. The summed E-state index contributed by atoms with van der Waals surface area (Å²) in [4.78, 5) is 22.1. The van der Waals surface area contributed by atoms with E-state index in [9.17, 15) is 4.79 Å². The van der Waals surface area contributed by atoms with Gasteiger partial charge in [-0.25, -0.2) is 4.98 Å². The maximum absolute atomic E-state index is 12.7. The second-order valence-electron chi connectivity index (χ2n) is 5.71. The van der Waals surface area contributed by atoms with E-state index in [1.165, 1.54) is 0 Å². The maximum Gasteiger partial charge on any atom is 0.245 e. The molecule has 2 aromatic rings. The highest BCUT2D eigenvalue weighted by Crippen LogP contribution is 2.22. The van der Waals surface area contributed by atoms with Crippen LogP contribution in [0.25, 0.3) is 0 Å². The van der Waals surface area contributed by atoms with Gasteiger partial charge in [-0.05, 0) is 26.8 Å². The molecule has 22 heavy (non-hydrogen) atoms. The van der Waals surface area contributed by atoms with E-state index in [0.717, 1.165) is 22.9 Å². The monoisotopic (exact) mass is 303 g/mol. The van der Waals surface area contributed by atoms with Crippen molar-refractivity contribution in [1.82, 2.24) is 24.6 Å². The van der Waals surface area contributed by atoms with Gasteiger partial charge in [0.2, 0.25) is 5.91 Å². The van der Waals surface area contributed by atoms with E-state index in [-0.39, 0.29) is 18.5 Å². The summed E-state index contributed by atoms with van der Waals surface area (Å²) in [5, 5.41) is 4.36. The first-order valence-corrected chi connectivity index (χ1v) is 7.44. The average Bonchev–Trinajstić information content (AvgIpc) is 3.05. The van der Waals surface area contributed by atoms with Crippen molar-refractivity contribution in [3.05, 3.63) is 35.2 Å². The van der Waals surface area contributed by atoms with Crippen LogP contribution in [-0.2, 0) is 16.1 Å². The van der Waals surface area contributed by atoms with Crippen LogP contribution in [0, 0.1) is 20.8 Å². The first kappa shape index (κ1) is 14.8. The second-order valence-corrected chi connectivity index (χ2v) is 5.71. The largest absolute Gasteiger partial charge is 0.377 e. The minimum absolute atomic E-state index is 0.0357. The zero-order valence-corrected chi connectivity index (χ0v) is 13.2. The van der Waals surface area contributed by atoms with Crippen molar-refractivity contribution in [1.29, 1.82) is 0 Å². The number of aromatic amines is 1. The second kappa shape index (κ2) is 5.92. The van der Waals surface area contributed by atoms with Gasteiger partial charge in [-0.15, -0.1) is 0 Å². The number of carbonyl (C=O) groups excluding carboxylic acids is 1. The van der Waals surface area contributed by atoms with E-state index in [1.54, 1.807) is 10.9 Å². The Kier molecular flexibility index (Phi) is 3.98. The molecular weight excluding hydrogens is 282 g/mol. The number of H-pyrrole nitrogens is 1. The van der Waals surface area contributed by atoms with Gasteiger partial charge in [0.05, 0.1) is 18.9 Å². The van der Waals surface area contributed by atoms with E-state index in [1.807, 2.05) is 31.7 Å². The molecule has 1 atom stereocenters. The summed E-state index contributed by atoms with van der Waals surface area (Å²) in [6, 6.07) is 1.81. The van der Waals surface area contributed by atoms with Crippen molar-refractivity contribution < 1.29 is 9.53 Å². The highest BCUT2D eigenvalue weighted by atomic mass is 16.5. The predicted octanol–water partition coefficient (Wildman–Crippen LogP) is 1.13. The Morgan fingerprint density at radius 2 is 2.27 bits per heavy atom. The first-order chi connectivity index (χ1) is 10.5. The topological polar surface area (TPSA) is 76.0 Å². The standard InChI is InChI=1S/C15H21N5O2/c1-10-6-12(3)20(18-10)8-14(21)19-4-5-22-9-13(19)15-16-7-11(2)17-15/h6-7,13H,4-5,8-9H2,1-3H3,(H,16,17)/t13-/m0/s1. The molecule has 0 spiro atoms. The summed E-state index contributed by atoms with van der Waals surface area (Å²) in [6.07, 6.45) is 1.77. The van der Waals surface area contributed by atoms with E-state index in [2.05, 4.69) is 15.1 Å². The maximum atomic E-state index is 12.7. The molecule has 1 aliphatic rings. The number of morpholine rings is 1. The molecule has 2 aromatic heterocycles. The fourth-order valence-electron chi connectivity index (χ4n) is 2.78. The van der Waals surface area contributed by atoms with Crippen molar-refractivity contribution >= 4 is 5.91 Å². The fourth-order valence-corrected chi connectivity index (χ4v) is 2.78. The quantitative estimate of drug-likeness (QED) is 0.922. The molecule has 118 valence electrons. The Labute approximate surface area is 129 Å². The number of nitrogens with zero attached hydrogens (tertiary/aromatic N) is 4. The number of rotatable bonds is 3. The molecule has 3 rings (SSSR count). The smallest absolute Gasteiger partial charge is 0.245 e. The molecule has 1 aliphatic heterocycles. The SMILES string of the molecule is Cc1cc(C)n(CC(=O)N2CCOC[C@H]2c2ncc(C)[nH]2)n1. The Bertz CT molecular complexity index is 675. The number of aromatic nitrogens is 4. The number of aryl methyl sites for hydroxylation is 3. The summed E-state index contributed by atoms with van der Waals surface area (Å²) in [6.45, 7) is 7.67. The molecule has 0 aromatic carbocycles. The summed E-state index contributed by atoms with van der Waals surface area (Å²) in [5.74, 6) is 0.812. The van der Waals surface area contributed by atoms with Crippen molar-refractivity contribution in [2.45, 2.75) is 33.4 Å². The van der Waals surface area contributed by atoms with Gasteiger partial charge in [0.15, 0.2) is 0 Å². The number of carbonyl (C=O) groups is 1. The van der Waals surface area contributed by atoms with Crippen molar-refractivity contribution in [3.8, 4) is 0 Å². The molecule has 0 radical (unpaired) electrons. The molecule has 0 bridgehead atoms. The van der Waals surface area contributed by atoms with Gasteiger partial charge in [-0.1, -0.05) is 0 Å². The number of ether oxygens (including phenoxy) is 1. The van der Waals surface area contributed by atoms with Crippen LogP contribution in [-0.4, -0.2) is 50.3 Å². The van der Waals surface area contributed by atoms with Gasteiger partial charge in [0.25, 0.3) is 0 Å². The summed E-state index contributed by atoms with van der Waals surface area (Å²) in [5.41, 5.74) is 2.89. The normalized spacial score (nSPS) is 18.7. The third-order valence-corrected chi connectivity index (χ3v) is 3.88. The summed E-state index contributed by atoms with van der Waals surface area (Å²) >= 11 is 0. The molecule has 1 N–H and O–H groups in total. The summed E-state index contributed by atoms with van der Waals surface area (Å²) < 4.78 is 7.28. The van der Waals surface area contributed by atoms with Crippen LogP contribution in [0.5, 0.6) is 0 Å². The molecular formula is C15H21N5O2. The van der Waals surface area contributed by atoms with Crippen LogP contribution < -0.4 is 0 Å². The Hall–Kier alpha value is -2.15. The van der Waals surface area contributed by atoms with Crippen molar-refractivity contribution in [2.24, 2.45) is 0 Å². The third-order valence-electron chi connectivity index (χ3n) is 3.88. The Balaban J connectivity index is 1.78. The van der Waals surface area contributed by atoms with Gasteiger partial charge in [-0.3, -0.25) is 9.48 Å². The number of amides is 1. The van der Waals surface area contributed by atoms with Crippen LogP contribution in [0.1, 0.15) is 28.9 Å². The number of hydrogen-bond donors (Lipinski definition) is 1. The molecule has 7 heteroatoms. The molecule has 7 nitrogen and oxygen atoms in total. The molecule has 1 fully saturated rings. The van der Waals surface area contributed by atoms with Crippen LogP contribution in [0.15, 0.2) is 12.3 Å². The highest BCUT2D eigenvalue weighted by Gasteiger charge is 2.30. The lowest BCUT2D eigenvalue weighted by Crippen LogP contribution is -2.45. The van der Waals surface area contributed by atoms with Crippen LogP contribution in [0.3, 0.4) is 0 Å². The highest BCUT2D eigenvalue weighted by molar-refractivity contribution is 5.76. The van der Waals surface area contributed by atoms with Gasteiger partial charge < -0.3 is 14.6 Å².